The molecule has 0 aliphatic heterocycles. The molecule has 0 saturated carbocycles. The zero-order chi connectivity index (χ0) is 15.2. The van der Waals surface area contributed by atoms with Crippen LogP contribution in [0.15, 0.2) is 37.0 Å². The Kier molecular flexibility index (Phi) is 11.0. The summed E-state index contributed by atoms with van der Waals surface area (Å²) in [4.78, 5) is 21.6. The molecule has 0 aromatic carbocycles. The molecule has 0 bridgehead atoms. The van der Waals surface area contributed by atoms with Crippen molar-refractivity contribution in [2.24, 2.45) is 0 Å². The number of hydrogen-bond acceptors (Lipinski definition) is 4. The number of carbonyl (C=O) groups is 2. The molecule has 5 heteroatoms. The summed E-state index contributed by atoms with van der Waals surface area (Å²) >= 11 is 0. The van der Waals surface area contributed by atoms with Gasteiger partial charge in [-0.15, -0.1) is 0 Å². The van der Waals surface area contributed by atoms with E-state index in [1.54, 1.807) is 18.2 Å². The maximum atomic E-state index is 11.4. The standard InChI is InChI=1S/C15H23NO4/c1-4-7-13(5-2)12-20-15(18)16-9-8-14(6-3)19-11-10-17/h4-5,7,10,14H,1-2,6,8-9,11-12H2,3H3,(H,16,18)/b13-7+. The summed E-state index contributed by atoms with van der Waals surface area (Å²) in [5.41, 5.74) is 0.774. The zero-order valence-electron chi connectivity index (χ0n) is 12.0. The minimum absolute atomic E-state index is 0.0371. The van der Waals surface area contributed by atoms with E-state index in [2.05, 4.69) is 18.5 Å². The summed E-state index contributed by atoms with van der Waals surface area (Å²) in [7, 11) is 0. The number of hydrogen-bond donors (Lipinski definition) is 1. The first-order valence-electron chi connectivity index (χ1n) is 6.57. The Balaban J connectivity index is 3.87. The van der Waals surface area contributed by atoms with Gasteiger partial charge in [0.15, 0.2) is 0 Å². The molecule has 0 aromatic rings. The molecular weight excluding hydrogens is 258 g/mol. The fourth-order valence-electron chi connectivity index (χ4n) is 1.44. The number of amides is 1. The maximum Gasteiger partial charge on any atom is 0.407 e. The number of nitrogens with one attached hydrogen (secondary N) is 1. The number of carbonyl (C=O) groups excluding carboxylic acids is 2. The van der Waals surface area contributed by atoms with Gasteiger partial charge < -0.3 is 19.6 Å². The third-order valence-electron chi connectivity index (χ3n) is 2.56. The SMILES string of the molecule is C=C/C=C(\C=C)COC(=O)NCCC(CC)OCC=O. The third-order valence-corrected chi connectivity index (χ3v) is 2.56. The van der Waals surface area contributed by atoms with Crippen LogP contribution in [0.5, 0.6) is 0 Å². The second kappa shape index (κ2) is 12.2. The second-order valence-electron chi connectivity index (χ2n) is 4.00. The lowest BCUT2D eigenvalue weighted by atomic mass is 10.2. The Labute approximate surface area is 120 Å². The van der Waals surface area contributed by atoms with E-state index in [-0.39, 0.29) is 19.3 Å². The van der Waals surface area contributed by atoms with Crippen LogP contribution < -0.4 is 5.32 Å². The molecular formula is C15H23NO4. The largest absolute Gasteiger partial charge is 0.445 e. The average molecular weight is 281 g/mol. The van der Waals surface area contributed by atoms with Crippen LogP contribution in [-0.4, -0.2) is 38.2 Å². The highest BCUT2D eigenvalue weighted by Crippen LogP contribution is 2.02. The normalized spacial score (nSPS) is 12.3. The molecule has 1 amide bonds. The quantitative estimate of drug-likeness (QED) is 0.466. The molecule has 1 unspecified atom stereocenters. The van der Waals surface area contributed by atoms with Crippen LogP contribution in [0.3, 0.4) is 0 Å². The van der Waals surface area contributed by atoms with Crippen LogP contribution in [0.1, 0.15) is 19.8 Å². The number of ether oxygens (including phenoxy) is 2. The number of alkyl carbamates (subject to hydrolysis) is 1. The Bertz CT molecular complexity index is 350. The Hall–Kier alpha value is -1.88. The van der Waals surface area contributed by atoms with Crippen molar-refractivity contribution in [2.75, 3.05) is 19.8 Å². The van der Waals surface area contributed by atoms with Gasteiger partial charge in [0.2, 0.25) is 0 Å². The lowest BCUT2D eigenvalue weighted by molar-refractivity contribution is -0.113. The summed E-state index contributed by atoms with van der Waals surface area (Å²) in [6, 6.07) is 0. The first kappa shape index (κ1) is 18.1. The highest BCUT2D eigenvalue weighted by Gasteiger charge is 2.08. The van der Waals surface area contributed by atoms with Gasteiger partial charge >= 0.3 is 6.09 Å². The van der Waals surface area contributed by atoms with E-state index in [0.29, 0.717) is 19.3 Å². The molecule has 1 atom stereocenters. The summed E-state index contributed by atoms with van der Waals surface area (Å²) < 4.78 is 10.3. The summed E-state index contributed by atoms with van der Waals surface area (Å²) in [5, 5.41) is 2.63. The minimum atomic E-state index is -0.493. The van der Waals surface area contributed by atoms with Gasteiger partial charge in [-0.1, -0.05) is 38.3 Å². The van der Waals surface area contributed by atoms with Gasteiger partial charge in [-0.2, -0.15) is 0 Å². The van der Waals surface area contributed by atoms with Crippen molar-refractivity contribution in [3.8, 4) is 0 Å². The number of aldehydes is 1. The van der Waals surface area contributed by atoms with Crippen molar-refractivity contribution in [1.29, 1.82) is 0 Å². The maximum absolute atomic E-state index is 11.4. The highest BCUT2D eigenvalue weighted by molar-refractivity contribution is 5.67. The van der Waals surface area contributed by atoms with E-state index in [9.17, 15) is 9.59 Å². The molecule has 0 aliphatic rings. The van der Waals surface area contributed by atoms with Crippen molar-refractivity contribution in [1.82, 2.24) is 5.32 Å². The van der Waals surface area contributed by atoms with Crippen molar-refractivity contribution in [2.45, 2.75) is 25.9 Å². The minimum Gasteiger partial charge on any atom is -0.445 e. The van der Waals surface area contributed by atoms with E-state index in [1.165, 1.54) is 0 Å². The van der Waals surface area contributed by atoms with Gasteiger partial charge in [0.05, 0.1) is 6.10 Å². The molecule has 0 saturated heterocycles. The predicted octanol–water partition coefficient (Wildman–Crippen LogP) is 2.40. The van der Waals surface area contributed by atoms with Gasteiger partial charge in [0.1, 0.15) is 19.5 Å². The molecule has 0 aromatic heterocycles. The van der Waals surface area contributed by atoms with Crippen LogP contribution in [0, 0.1) is 0 Å². The summed E-state index contributed by atoms with van der Waals surface area (Å²) in [6.07, 6.45) is 6.54. The van der Waals surface area contributed by atoms with Crippen molar-refractivity contribution >= 4 is 12.4 Å². The van der Waals surface area contributed by atoms with Gasteiger partial charge in [-0.25, -0.2) is 4.79 Å². The smallest absolute Gasteiger partial charge is 0.407 e. The molecule has 0 heterocycles. The molecule has 0 spiro atoms. The topological polar surface area (TPSA) is 64.6 Å². The molecule has 1 N–H and O–H groups in total. The van der Waals surface area contributed by atoms with Crippen LogP contribution in [0.25, 0.3) is 0 Å². The van der Waals surface area contributed by atoms with E-state index in [1.807, 2.05) is 6.92 Å². The van der Waals surface area contributed by atoms with Gasteiger partial charge in [-0.05, 0) is 18.4 Å². The molecule has 0 aliphatic carbocycles. The number of allylic oxidation sites excluding steroid dienone is 2. The predicted molar refractivity (Wildman–Crippen MR) is 78.5 cm³/mol. The zero-order valence-corrected chi connectivity index (χ0v) is 12.0. The van der Waals surface area contributed by atoms with E-state index in [4.69, 9.17) is 9.47 Å². The molecule has 5 nitrogen and oxygen atoms in total. The highest BCUT2D eigenvalue weighted by atomic mass is 16.5. The molecule has 20 heavy (non-hydrogen) atoms. The second-order valence-corrected chi connectivity index (χ2v) is 4.00. The third kappa shape index (κ3) is 9.10. The van der Waals surface area contributed by atoms with Crippen molar-refractivity contribution < 1.29 is 19.1 Å². The monoisotopic (exact) mass is 281 g/mol. The molecule has 112 valence electrons. The Morgan fingerprint density at radius 2 is 2.15 bits per heavy atom. The Morgan fingerprint density at radius 3 is 2.70 bits per heavy atom. The fraction of sp³-hybridized carbons (Fsp3) is 0.467. The average Bonchev–Trinajstić information content (AvgIpc) is 2.46. The fourth-order valence-corrected chi connectivity index (χ4v) is 1.44. The van der Waals surface area contributed by atoms with Crippen LogP contribution in [0.4, 0.5) is 4.79 Å². The molecule has 0 rings (SSSR count). The van der Waals surface area contributed by atoms with Crippen LogP contribution in [0.2, 0.25) is 0 Å². The van der Waals surface area contributed by atoms with Crippen molar-refractivity contribution in [3.63, 3.8) is 0 Å². The van der Waals surface area contributed by atoms with Crippen molar-refractivity contribution in [3.05, 3.63) is 37.0 Å². The first-order valence-corrected chi connectivity index (χ1v) is 6.57. The lowest BCUT2D eigenvalue weighted by Crippen LogP contribution is -2.29. The van der Waals surface area contributed by atoms with E-state index in [0.717, 1.165) is 12.0 Å². The number of rotatable bonds is 11. The van der Waals surface area contributed by atoms with Gasteiger partial charge in [0, 0.05) is 6.54 Å². The molecule has 0 fully saturated rings. The van der Waals surface area contributed by atoms with E-state index >= 15 is 0 Å². The molecule has 0 radical (unpaired) electrons. The van der Waals surface area contributed by atoms with Gasteiger partial charge in [0.25, 0.3) is 0 Å². The van der Waals surface area contributed by atoms with E-state index < -0.39 is 6.09 Å². The van der Waals surface area contributed by atoms with Gasteiger partial charge in [-0.3, -0.25) is 0 Å². The van der Waals surface area contributed by atoms with Crippen LogP contribution >= 0.6 is 0 Å². The first-order chi connectivity index (χ1) is 9.67. The summed E-state index contributed by atoms with van der Waals surface area (Å²) in [5.74, 6) is 0. The van der Waals surface area contributed by atoms with Crippen LogP contribution in [-0.2, 0) is 14.3 Å². The Morgan fingerprint density at radius 1 is 1.40 bits per heavy atom. The summed E-state index contributed by atoms with van der Waals surface area (Å²) in [6.45, 7) is 9.80. The lowest BCUT2D eigenvalue weighted by Gasteiger charge is -2.14.